The van der Waals surface area contributed by atoms with Crippen LogP contribution in [0.5, 0.6) is 11.5 Å². The lowest BCUT2D eigenvalue weighted by atomic mass is 9.91. The van der Waals surface area contributed by atoms with Gasteiger partial charge in [0.25, 0.3) is 0 Å². The molecule has 3 nitrogen and oxygen atoms in total. The van der Waals surface area contributed by atoms with Crippen molar-refractivity contribution in [3.63, 3.8) is 0 Å². The number of phenolic OH excluding ortho intramolecular Hbond substituents is 1. The molecule has 1 heterocycles. The fourth-order valence-electron chi connectivity index (χ4n) is 2.26. The molecule has 1 aliphatic rings. The topological polar surface area (TPSA) is 41.5 Å². The number of phenols is 1. The van der Waals surface area contributed by atoms with Crippen LogP contribution >= 0.6 is 15.9 Å². The Hall–Kier alpha value is -0.740. The number of hydrogen-bond donors (Lipinski definition) is 2. The number of nitrogens with one attached hydrogen (secondary N) is 1. The fraction of sp³-hybridized carbons (Fsp3) is 0.500. The number of hydrogen-bond acceptors (Lipinski definition) is 3. The van der Waals surface area contributed by atoms with Crippen LogP contribution < -0.4 is 10.1 Å². The number of rotatable bonds is 2. The van der Waals surface area contributed by atoms with Crippen LogP contribution in [0.3, 0.4) is 0 Å². The molecule has 1 fully saturated rings. The minimum atomic E-state index is 0.214. The highest BCUT2D eigenvalue weighted by Crippen LogP contribution is 2.41. The van der Waals surface area contributed by atoms with E-state index in [1.807, 2.05) is 6.07 Å². The average Bonchev–Trinajstić information content (AvgIpc) is 2.33. The summed E-state index contributed by atoms with van der Waals surface area (Å²) in [5.41, 5.74) is 1.08. The third-order valence-electron chi connectivity index (χ3n) is 3.03. The van der Waals surface area contributed by atoms with Crippen LogP contribution in [0.2, 0.25) is 0 Å². The maximum atomic E-state index is 9.78. The molecular weight excluding hydrogens is 270 g/mol. The first kappa shape index (κ1) is 11.7. The van der Waals surface area contributed by atoms with Gasteiger partial charge in [-0.2, -0.15) is 0 Å². The average molecular weight is 286 g/mol. The van der Waals surface area contributed by atoms with Crippen molar-refractivity contribution in [2.24, 2.45) is 0 Å². The van der Waals surface area contributed by atoms with Gasteiger partial charge in [0.05, 0.1) is 7.11 Å². The van der Waals surface area contributed by atoms with Gasteiger partial charge in [0.15, 0.2) is 11.5 Å². The predicted molar refractivity (Wildman–Crippen MR) is 67.2 cm³/mol. The van der Waals surface area contributed by atoms with Crippen molar-refractivity contribution in [2.45, 2.75) is 18.8 Å². The Morgan fingerprint density at radius 2 is 2.31 bits per heavy atom. The lowest BCUT2D eigenvalue weighted by Gasteiger charge is -2.26. The molecule has 1 atom stereocenters. The molecule has 4 heteroatoms. The Balaban J connectivity index is 2.40. The largest absolute Gasteiger partial charge is 0.504 e. The second-order valence-corrected chi connectivity index (χ2v) is 4.91. The van der Waals surface area contributed by atoms with E-state index in [0.717, 1.165) is 36.0 Å². The van der Waals surface area contributed by atoms with Crippen LogP contribution in [0.4, 0.5) is 0 Å². The highest BCUT2D eigenvalue weighted by atomic mass is 79.9. The summed E-state index contributed by atoms with van der Waals surface area (Å²) in [7, 11) is 1.60. The van der Waals surface area contributed by atoms with Gasteiger partial charge in [0, 0.05) is 22.5 Å². The van der Waals surface area contributed by atoms with Crippen molar-refractivity contribution >= 4 is 15.9 Å². The number of halogens is 1. The van der Waals surface area contributed by atoms with E-state index in [4.69, 9.17) is 4.74 Å². The molecule has 0 aliphatic carbocycles. The standard InChI is InChI=1S/C12H16BrNO2/c1-16-12-10(15)5-4-9(13)11(12)8-3-2-6-14-7-8/h4-5,8,14-15H,2-3,6-7H2,1H3. The van der Waals surface area contributed by atoms with E-state index in [1.54, 1.807) is 13.2 Å². The summed E-state index contributed by atoms with van der Waals surface area (Å²) >= 11 is 3.54. The lowest BCUT2D eigenvalue weighted by molar-refractivity contribution is 0.358. The Labute approximate surface area is 104 Å². The highest BCUT2D eigenvalue weighted by Gasteiger charge is 2.23. The Morgan fingerprint density at radius 1 is 1.50 bits per heavy atom. The van der Waals surface area contributed by atoms with E-state index in [2.05, 4.69) is 21.2 Å². The molecule has 1 aromatic rings. The van der Waals surface area contributed by atoms with E-state index >= 15 is 0 Å². The summed E-state index contributed by atoms with van der Waals surface area (Å²) in [4.78, 5) is 0. The molecule has 16 heavy (non-hydrogen) atoms. The highest BCUT2D eigenvalue weighted by molar-refractivity contribution is 9.10. The van der Waals surface area contributed by atoms with Crippen LogP contribution in [0.15, 0.2) is 16.6 Å². The molecule has 88 valence electrons. The smallest absolute Gasteiger partial charge is 0.165 e. The molecule has 1 saturated heterocycles. The SMILES string of the molecule is COc1c(O)ccc(Br)c1C1CCCNC1. The summed E-state index contributed by atoms with van der Waals surface area (Å²) in [5, 5.41) is 13.2. The first-order chi connectivity index (χ1) is 7.74. The zero-order valence-electron chi connectivity index (χ0n) is 9.29. The first-order valence-corrected chi connectivity index (χ1v) is 6.29. The van der Waals surface area contributed by atoms with Crippen LogP contribution in [-0.4, -0.2) is 25.3 Å². The van der Waals surface area contributed by atoms with Gasteiger partial charge in [-0.25, -0.2) is 0 Å². The third kappa shape index (κ3) is 2.18. The predicted octanol–water partition coefficient (Wildman–Crippen LogP) is 2.63. The van der Waals surface area contributed by atoms with Crippen molar-refractivity contribution in [3.05, 3.63) is 22.2 Å². The maximum absolute atomic E-state index is 9.78. The van der Waals surface area contributed by atoms with Gasteiger partial charge in [0.2, 0.25) is 0 Å². The maximum Gasteiger partial charge on any atom is 0.165 e. The summed E-state index contributed by atoms with van der Waals surface area (Å²) in [6.07, 6.45) is 2.29. The molecule has 2 rings (SSSR count). The molecule has 1 unspecified atom stereocenters. The molecule has 0 aromatic heterocycles. The molecule has 0 radical (unpaired) electrons. The second-order valence-electron chi connectivity index (χ2n) is 4.06. The third-order valence-corrected chi connectivity index (χ3v) is 3.72. The molecule has 0 spiro atoms. The number of piperidine rings is 1. The van der Waals surface area contributed by atoms with Crippen molar-refractivity contribution in [1.29, 1.82) is 0 Å². The van der Waals surface area contributed by atoms with Gasteiger partial charge in [-0.3, -0.25) is 0 Å². The van der Waals surface area contributed by atoms with E-state index in [9.17, 15) is 5.11 Å². The van der Waals surface area contributed by atoms with Gasteiger partial charge < -0.3 is 15.2 Å². The van der Waals surface area contributed by atoms with E-state index in [1.165, 1.54) is 0 Å². The van der Waals surface area contributed by atoms with Crippen LogP contribution in [0, 0.1) is 0 Å². The molecule has 1 aliphatic heterocycles. The van der Waals surface area contributed by atoms with Crippen molar-refractivity contribution in [2.75, 3.05) is 20.2 Å². The number of methoxy groups -OCH3 is 1. The van der Waals surface area contributed by atoms with Gasteiger partial charge in [-0.15, -0.1) is 0 Å². The van der Waals surface area contributed by atoms with Gasteiger partial charge in [0.1, 0.15) is 0 Å². The minimum Gasteiger partial charge on any atom is -0.504 e. The first-order valence-electron chi connectivity index (χ1n) is 5.50. The number of ether oxygens (including phenoxy) is 1. The molecule has 0 saturated carbocycles. The number of aromatic hydroxyl groups is 1. The zero-order chi connectivity index (χ0) is 11.5. The monoisotopic (exact) mass is 285 g/mol. The Bertz CT molecular complexity index is 376. The molecule has 2 N–H and O–H groups in total. The number of benzene rings is 1. The molecule has 0 amide bonds. The summed E-state index contributed by atoms with van der Waals surface area (Å²) in [6.45, 7) is 2.02. The van der Waals surface area contributed by atoms with Gasteiger partial charge in [-0.05, 0) is 31.5 Å². The molecule has 1 aromatic carbocycles. The van der Waals surface area contributed by atoms with Crippen molar-refractivity contribution in [3.8, 4) is 11.5 Å². The van der Waals surface area contributed by atoms with Crippen LogP contribution in [-0.2, 0) is 0 Å². The summed E-state index contributed by atoms with van der Waals surface area (Å²) in [6, 6.07) is 3.53. The summed E-state index contributed by atoms with van der Waals surface area (Å²) in [5.74, 6) is 1.22. The summed E-state index contributed by atoms with van der Waals surface area (Å²) < 4.78 is 6.31. The van der Waals surface area contributed by atoms with E-state index in [0.29, 0.717) is 11.7 Å². The lowest BCUT2D eigenvalue weighted by Crippen LogP contribution is -2.28. The van der Waals surface area contributed by atoms with Gasteiger partial charge in [-0.1, -0.05) is 15.9 Å². The van der Waals surface area contributed by atoms with E-state index in [-0.39, 0.29) is 5.75 Å². The fourth-order valence-corrected chi connectivity index (χ4v) is 2.89. The normalized spacial score (nSPS) is 20.8. The zero-order valence-corrected chi connectivity index (χ0v) is 10.9. The van der Waals surface area contributed by atoms with Crippen molar-refractivity contribution in [1.82, 2.24) is 5.32 Å². The quantitative estimate of drug-likeness (QED) is 0.878. The molecular formula is C12H16BrNO2. The van der Waals surface area contributed by atoms with Crippen LogP contribution in [0.25, 0.3) is 0 Å². The second kappa shape index (κ2) is 5.06. The van der Waals surface area contributed by atoms with E-state index < -0.39 is 0 Å². The minimum absolute atomic E-state index is 0.214. The molecule has 0 bridgehead atoms. The van der Waals surface area contributed by atoms with Crippen molar-refractivity contribution < 1.29 is 9.84 Å². The van der Waals surface area contributed by atoms with Gasteiger partial charge >= 0.3 is 0 Å². The van der Waals surface area contributed by atoms with Crippen LogP contribution in [0.1, 0.15) is 24.3 Å². The Morgan fingerprint density at radius 3 is 2.94 bits per heavy atom. The Kier molecular flexibility index (Phi) is 3.71.